The van der Waals surface area contributed by atoms with Gasteiger partial charge < -0.3 is 0 Å². The normalized spacial score (nSPS) is 25.4. The van der Waals surface area contributed by atoms with Crippen LogP contribution in [0.2, 0.25) is 0 Å². The van der Waals surface area contributed by atoms with Crippen molar-refractivity contribution in [2.45, 2.75) is 0 Å². The molecule has 0 aromatic heterocycles. The third-order valence-electron chi connectivity index (χ3n) is 1.32. The van der Waals surface area contributed by atoms with Crippen molar-refractivity contribution in [2.75, 3.05) is 0 Å². The van der Waals surface area contributed by atoms with Gasteiger partial charge in [0.25, 0.3) is 0 Å². The fourth-order valence-electron chi connectivity index (χ4n) is 0.830. The van der Waals surface area contributed by atoms with Crippen molar-refractivity contribution in [1.82, 2.24) is 0 Å². The maximum absolute atomic E-state index is 11.2. The minimum absolute atomic E-state index is 0.114. The summed E-state index contributed by atoms with van der Waals surface area (Å²) in [6.45, 7) is 0. The molecule has 1 atom stereocenters. The van der Waals surface area contributed by atoms with Crippen LogP contribution >= 0.6 is 38.8 Å². The van der Waals surface area contributed by atoms with Crippen LogP contribution < -0.4 is 0 Å². The van der Waals surface area contributed by atoms with Crippen LogP contribution in [-0.4, -0.2) is 10.4 Å². The van der Waals surface area contributed by atoms with Crippen LogP contribution in [0.15, 0.2) is 24.3 Å². The van der Waals surface area contributed by atoms with Gasteiger partial charge in [0.15, 0.2) is 0 Å². The van der Waals surface area contributed by atoms with Crippen molar-refractivity contribution >= 4 is 49.2 Å². The van der Waals surface area contributed by atoms with E-state index in [0.29, 0.717) is 0 Å². The zero-order valence-corrected chi connectivity index (χ0v) is 11.0. The molecule has 0 spiro atoms. The summed E-state index contributed by atoms with van der Waals surface area (Å²) in [4.78, 5) is 11.2. The molecule has 76 valence electrons. The van der Waals surface area contributed by atoms with E-state index in [1.807, 2.05) is 0 Å². The monoisotopic (exact) mass is 348 g/mol. The molecule has 0 saturated carbocycles. The van der Waals surface area contributed by atoms with Gasteiger partial charge >= 0.3 is 93.4 Å². The maximum atomic E-state index is 11.2. The second-order valence-electron chi connectivity index (χ2n) is 2.40. The van der Waals surface area contributed by atoms with E-state index in [1.165, 1.54) is 10.7 Å². The summed E-state index contributed by atoms with van der Waals surface area (Å²) in [5, 5.41) is 0. The fourth-order valence-corrected chi connectivity index (χ4v) is 4.52. The minimum atomic E-state index is -4.28. The van der Waals surface area contributed by atoms with Crippen molar-refractivity contribution in [3.05, 3.63) is 24.3 Å². The molecule has 13 heavy (non-hydrogen) atoms. The van der Waals surface area contributed by atoms with Gasteiger partial charge in [0, 0.05) is 0 Å². The van der Waals surface area contributed by atoms with Crippen molar-refractivity contribution in [3.63, 3.8) is 0 Å². The molecule has 0 saturated heterocycles. The zero-order chi connectivity index (χ0) is 10.1. The summed E-state index contributed by atoms with van der Waals surface area (Å²) in [5.74, 6) is -0.614. The van der Waals surface area contributed by atoms with Gasteiger partial charge in [-0.2, -0.15) is 0 Å². The number of halogens is 4. The van der Waals surface area contributed by atoms with Crippen LogP contribution in [0.3, 0.4) is 0 Å². The van der Waals surface area contributed by atoms with Gasteiger partial charge in [0.2, 0.25) is 0 Å². The Morgan fingerprint density at radius 1 is 1.23 bits per heavy atom. The van der Waals surface area contributed by atoms with Gasteiger partial charge in [0.1, 0.15) is 0 Å². The quantitative estimate of drug-likeness (QED) is 0.664. The average molecular weight is 349 g/mol. The van der Waals surface area contributed by atoms with E-state index < -0.39 is 15.1 Å². The first kappa shape index (κ1) is 11.9. The summed E-state index contributed by atoms with van der Waals surface area (Å²) < 4.78 is 1.34. The molecule has 1 nitrogen and oxygen atoms in total. The SMILES string of the molecule is O=C1C=CC=CC1[CH]=[Ru]([Cl])([Cl])([Cl])[Cl]. The average Bonchev–Trinajstić information content (AvgIpc) is 1.89. The first-order valence-electron chi connectivity index (χ1n) is 3.19. The predicted octanol–water partition coefficient (Wildman–Crippen LogP) is 3.40. The molecular weight excluding hydrogens is 343 g/mol. The Morgan fingerprint density at radius 3 is 2.31 bits per heavy atom. The topological polar surface area (TPSA) is 17.1 Å². The van der Waals surface area contributed by atoms with Crippen molar-refractivity contribution in [1.29, 1.82) is 0 Å². The van der Waals surface area contributed by atoms with Crippen molar-refractivity contribution in [3.8, 4) is 0 Å². The van der Waals surface area contributed by atoms with E-state index in [9.17, 15) is 4.79 Å². The Hall–Kier alpha value is 0.803. The van der Waals surface area contributed by atoms with Gasteiger partial charge in [-0.05, 0) is 0 Å². The third kappa shape index (κ3) is 4.71. The van der Waals surface area contributed by atoms with E-state index in [0.717, 1.165) is 0 Å². The molecule has 0 bridgehead atoms. The molecule has 6 heteroatoms. The van der Waals surface area contributed by atoms with Crippen LogP contribution in [0.25, 0.3) is 0 Å². The first-order valence-corrected chi connectivity index (χ1v) is 13.1. The number of carbonyl (C=O) groups is 1. The van der Waals surface area contributed by atoms with Crippen LogP contribution in [0, 0.1) is 5.92 Å². The summed E-state index contributed by atoms with van der Waals surface area (Å²) in [5.41, 5.74) is 0. The summed E-state index contributed by atoms with van der Waals surface area (Å²) >= 11 is 0. The number of hydrogen-bond donors (Lipinski definition) is 0. The van der Waals surface area contributed by atoms with Gasteiger partial charge in [-0.25, -0.2) is 0 Å². The van der Waals surface area contributed by atoms with Gasteiger partial charge in [-0.15, -0.1) is 0 Å². The van der Waals surface area contributed by atoms with E-state index in [2.05, 4.69) is 0 Å². The van der Waals surface area contributed by atoms with Gasteiger partial charge in [-0.3, -0.25) is 0 Å². The molecule has 0 amide bonds. The molecule has 0 radical (unpaired) electrons. The molecule has 0 aliphatic heterocycles. The second kappa shape index (κ2) is 3.75. The number of ketones is 1. The molecule has 1 aliphatic carbocycles. The van der Waals surface area contributed by atoms with E-state index in [-0.39, 0.29) is 5.78 Å². The Bertz CT molecular complexity index is 339. The van der Waals surface area contributed by atoms with Crippen molar-refractivity contribution < 1.29 is 14.0 Å². The third-order valence-corrected chi connectivity index (χ3v) is 4.93. The van der Waals surface area contributed by atoms with Crippen LogP contribution in [0.5, 0.6) is 0 Å². The Kier molecular flexibility index (Phi) is 3.43. The molecule has 0 fully saturated rings. The summed E-state index contributed by atoms with van der Waals surface area (Å²) in [7, 11) is 18.5. The van der Waals surface area contributed by atoms with Crippen LogP contribution in [0.4, 0.5) is 0 Å². The van der Waals surface area contributed by atoms with E-state index in [4.69, 9.17) is 38.8 Å². The summed E-state index contributed by atoms with van der Waals surface area (Å²) in [6.07, 6.45) is 6.44. The molecule has 0 N–H and O–H groups in total. The molecular formula is C7H6Cl4ORu. The molecule has 0 aromatic carbocycles. The van der Waals surface area contributed by atoms with E-state index in [1.54, 1.807) is 18.2 Å². The Balaban J connectivity index is 3.01. The Labute approximate surface area is 92.7 Å². The van der Waals surface area contributed by atoms with Crippen molar-refractivity contribution in [2.24, 2.45) is 5.92 Å². The standard InChI is InChI=1S/C7H6O.4ClH.Ru/c1-6-4-2-3-5-7(6)8;;;;;/h1-6H;4*1H;/q;;;;;+4/p-4. The number of carbonyl (C=O) groups excluding carboxylic acids is 1. The van der Waals surface area contributed by atoms with Crippen LogP contribution in [-0.2, 0) is 14.0 Å². The number of rotatable bonds is 1. The molecule has 0 heterocycles. The van der Waals surface area contributed by atoms with E-state index >= 15 is 0 Å². The number of hydrogen-bond acceptors (Lipinski definition) is 1. The first-order chi connectivity index (χ1) is 5.74. The second-order valence-corrected chi connectivity index (χ2v) is 24.0. The molecule has 0 aromatic rings. The molecule has 1 rings (SSSR count). The van der Waals surface area contributed by atoms with Crippen LogP contribution in [0.1, 0.15) is 0 Å². The number of allylic oxidation sites excluding steroid dienone is 4. The molecule has 1 unspecified atom stereocenters. The Morgan fingerprint density at radius 2 is 1.85 bits per heavy atom. The fraction of sp³-hybridized carbons (Fsp3) is 0.143. The summed E-state index contributed by atoms with van der Waals surface area (Å²) in [6, 6.07) is 0. The van der Waals surface area contributed by atoms with Gasteiger partial charge in [0.05, 0.1) is 0 Å². The zero-order valence-electron chi connectivity index (χ0n) is 6.24. The molecule has 1 aliphatic rings. The van der Waals surface area contributed by atoms with Gasteiger partial charge in [-0.1, -0.05) is 0 Å². The predicted molar refractivity (Wildman–Crippen MR) is 56.3 cm³/mol.